The molecule has 5 nitrogen and oxygen atoms in total. The number of benzene rings is 1. The van der Waals surface area contributed by atoms with Crippen LogP contribution in [0.3, 0.4) is 0 Å². The van der Waals surface area contributed by atoms with Gasteiger partial charge in [-0.2, -0.15) is 0 Å². The number of rotatable bonds is 4. The maximum Gasteiger partial charge on any atom is 0.225 e. The summed E-state index contributed by atoms with van der Waals surface area (Å²) in [5.41, 5.74) is 6.18. The molecule has 0 spiro atoms. The average molecular weight is 353 g/mol. The van der Waals surface area contributed by atoms with Crippen LogP contribution >= 0.6 is 23.2 Å². The lowest BCUT2D eigenvalue weighted by molar-refractivity contribution is -0.115. The number of nitrogens with one attached hydrogen (secondary N) is 1. The molecule has 0 aliphatic rings. The van der Waals surface area contributed by atoms with Crippen molar-refractivity contribution in [3.05, 3.63) is 22.2 Å². The number of nitrogens with two attached hydrogens (primary N) is 1. The highest BCUT2D eigenvalue weighted by atomic mass is 35.5. The summed E-state index contributed by atoms with van der Waals surface area (Å²) in [4.78, 5) is 11.9. The molecular weight excluding hydrogens is 335 g/mol. The number of anilines is 2. The van der Waals surface area contributed by atoms with Gasteiger partial charge in [0.1, 0.15) is 0 Å². The zero-order valence-corrected chi connectivity index (χ0v) is 14.4. The van der Waals surface area contributed by atoms with E-state index < -0.39 is 20.5 Å². The molecule has 0 aliphatic carbocycles. The van der Waals surface area contributed by atoms with Crippen molar-refractivity contribution in [2.24, 2.45) is 0 Å². The molecule has 0 saturated carbocycles. The quantitative estimate of drug-likeness (QED) is 0.814. The van der Waals surface area contributed by atoms with E-state index in [1.54, 1.807) is 20.8 Å². The fraction of sp³-hybridized carbons (Fsp3) is 0.462. The third-order valence-electron chi connectivity index (χ3n) is 2.88. The number of amides is 1. The molecule has 0 radical (unpaired) electrons. The van der Waals surface area contributed by atoms with Gasteiger partial charge in [0.05, 0.1) is 26.9 Å². The van der Waals surface area contributed by atoms with E-state index >= 15 is 0 Å². The van der Waals surface area contributed by atoms with Crippen LogP contribution in [-0.4, -0.2) is 24.8 Å². The van der Waals surface area contributed by atoms with E-state index in [2.05, 4.69) is 5.32 Å². The second-order valence-corrected chi connectivity index (χ2v) is 9.29. The monoisotopic (exact) mass is 352 g/mol. The first-order valence-electron chi connectivity index (χ1n) is 6.21. The van der Waals surface area contributed by atoms with Crippen LogP contribution in [0.25, 0.3) is 0 Å². The largest absolute Gasteiger partial charge is 0.397 e. The molecule has 0 fully saturated rings. The summed E-state index contributed by atoms with van der Waals surface area (Å²) in [6.45, 7) is 4.77. The molecule has 1 aromatic rings. The molecule has 0 saturated heterocycles. The van der Waals surface area contributed by atoms with E-state index in [-0.39, 0.29) is 28.6 Å². The molecule has 0 bridgehead atoms. The number of hydrogen-bond acceptors (Lipinski definition) is 4. The number of hydrogen-bond donors (Lipinski definition) is 2. The third-order valence-corrected chi connectivity index (χ3v) is 6.00. The lowest BCUT2D eigenvalue weighted by Crippen LogP contribution is -2.32. The van der Waals surface area contributed by atoms with E-state index in [1.165, 1.54) is 12.1 Å². The maximum atomic E-state index is 11.9. The van der Waals surface area contributed by atoms with Crippen molar-refractivity contribution in [2.45, 2.75) is 31.9 Å². The topological polar surface area (TPSA) is 89.3 Å². The first kappa shape index (κ1) is 18.1. The number of sulfone groups is 1. The van der Waals surface area contributed by atoms with Crippen LogP contribution in [0.1, 0.15) is 27.2 Å². The highest BCUT2D eigenvalue weighted by Crippen LogP contribution is 2.32. The summed E-state index contributed by atoms with van der Waals surface area (Å²) in [6, 6.07) is 2.90. The van der Waals surface area contributed by atoms with Gasteiger partial charge in [0.2, 0.25) is 5.91 Å². The minimum absolute atomic E-state index is 0.169. The van der Waals surface area contributed by atoms with Crippen LogP contribution < -0.4 is 11.1 Å². The van der Waals surface area contributed by atoms with Crippen molar-refractivity contribution in [3.8, 4) is 0 Å². The highest BCUT2D eigenvalue weighted by molar-refractivity contribution is 7.92. The van der Waals surface area contributed by atoms with Crippen LogP contribution in [0.4, 0.5) is 11.4 Å². The summed E-state index contributed by atoms with van der Waals surface area (Å²) in [6.07, 6.45) is -0.169. The lowest BCUT2D eigenvalue weighted by atomic mass is 10.2. The molecule has 0 aromatic heterocycles. The van der Waals surface area contributed by atoms with Gasteiger partial charge in [-0.25, -0.2) is 8.42 Å². The Morgan fingerprint density at radius 3 is 2.33 bits per heavy atom. The zero-order chi connectivity index (χ0) is 16.4. The van der Waals surface area contributed by atoms with Gasteiger partial charge in [-0.15, -0.1) is 0 Å². The van der Waals surface area contributed by atoms with E-state index in [9.17, 15) is 13.2 Å². The summed E-state index contributed by atoms with van der Waals surface area (Å²) in [5, 5.41) is 3.06. The summed E-state index contributed by atoms with van der Waals surface area (Å²) in [5.74, 6) is -0.716. The van der Waals surface area contributed by atoms with Gasteiger partial charge in [0.15, 0.2) is 9.84 Å². The number of halogens is 2. The van der Waals surface area contributed by atoms with Crippen LogP contribution in [-0.2, 0) is 14.6 Å². The van der Waals surface area contributed by atoms with Gasteiger partial charge in [-0.3, -0.25) is 4.79 Å². The van der Waals surface area contributed by atoms with E-state index in [4.69, 9.17) is 28.9 Å². The van der Waals surface area contributed by atoms with Crippen molar-refractivity contribution >= 4 is 50.3 Å². The first-order chi connectivity index (χ1) is 9.44. The van der Waals surface area contributed by atoms with Gasteiger partial charge < -0.3 is 11.1 Å². The molecule has 0 atom stereocenters. The normalized spacial score (nSPS) is 12.2. The molecular formula is C13H18Cl2N2O3S. The minimum atomic E-state index is -3.36. The average Bonchev–Trinajstić information content (AvgIpc) is 2.30. The SMILES string of the molecule is CC(C)(C)S(=O)(=O)CCC(=O)Nc1c(N)cc(Cl)cc1Cl. The molecule has 0 aliphatic heterocycles. The van der Waals surface area contributed by atoms with Crippen LogP contribution in [0.5, 0.6) is 0 Å². The predicted molar refractivity (Wildman–Crippen MR) is 87.7 cm³/mol. The van der Waals surface area contributed by atoms with Gasteiger partial charge in [0, 0.05) is 11.4 Å². The van der Waals surface area contributed by atoms with E-state index in [0.717, 1.165) is 0 Å². The lowest BCUT2D eigenvalue weighted by Gasteiger charge is -2.19. The molecule has 21 heavy (non-hydrogen) atoms. The summed E-state index contributed by atoms with van der Waals surface area (Å²) >= 11 is 11.7. The fourth-order valence-corrected chi connectivity index (χ4v) is 3.08. The Balaban J connectivity index is 2.77. The standard InChI is InChI=1S/C13H18Cl2N2O3S/c1-13(2,3)21(19,20)5-4-11(18)17-12-9(15)6-8(14)7-10(12)16/h6-7H,4-5,16H2,1-3H3,(H,17,18). The Morgan fingerprint density at radius 1 is 1.29 bits per heavy atom. The van der Waals surface area contributed by atoms with Crippen molar-refractivity contribution in [1.82, 2.24) is 0 Å². The van der Waals surface area contributed by atoms with Gasteiger partial charge in [0.25, 0.3) is 0 Å². The molecule has 0 heterocycles. The van der Waals surface area contributed by atoms with Crippen molar-refractivity contribution in [1.29, 1.82) is 0 Å². The Morgan fingerprint density at radius 2 is 1.86 bits per heavy atom. The number of carbonyl (C=O) groups excluding carboxylic acids is 1. The van der Waals surface area contributed by atoms with Crippen molar-refractivity contribution < 1.29 is 13.2 Å². The summed E-state index contributed by atoms with van der Waals surface area (Å²) < 4.78 is 23.0. The second-order valence-electron chi connectivity index (χ2n) is 5.58. The Kier molecular flexibility index (Phi) is 5.52. The first-order valence-corrected chi connectivity index (χ1v) is 8.61. The molecule has 3 N–H and O–H groups in total. The number of carbonyl (C=O) groups is 1. The summed E-state index contributed by atoms with van der Waals surface area (Å²) in [7, 11) is -3.36. The number of nitrogen functional groups attached to an aromatic ring is 1. The third kappa shape index (κ3) is 4.76. The van der Waals surface area contributed by atoms with Gasteiger partial charge in [-0.05, 0) is 32.9 Å². The van der Waals surface area contributed by atoms with Crippen LogP contribution in [0.15, 0.2) is 12.1 Å². The van der Waals surface area contributed by atoms with Gasteiger partial charge in [-0.1, -0.05) is 23.2 Å². The smallest absolute Gasteiger partial charge is 0.225 e. The minimum Gasteiger partial charge on any atom is -0.397 e. The Labute approximate surface area is 134 Å². The highest BCUT2D eigenvalue weighted by Gasteiger charge is 2.29. The van der Waals surface area contributed by atoms with Gasteiger partial charge >= 0.3 is 0 Å². The van der Waals surface area contributed by atoms with Crippen molar-refractivity contribution in [2.75, 3.05) is 16.8 Å². The maximum absolute atomic E-state index is 11.9. The molecule has 118 valence electrons. The molecule has 1 rings (SSSR count). The molecule has 8 heteroatoms. The molecule has 0 unspecified atom stereocenters. The second kappa shape index (κ2) is 6.42. The van der Waals surface area contributed by atoms with Crippen LogP contribution in [0.2, 0.25) is 10.0 Å². The van der Waals surface area contributed by atoms with Crippen LogP contribution in [0, 0.1) is 0 Å². The molecule has 1 aromatic carbocycles. The zero-order valence-electron chi connectivity index (χ0n) is 12.0. The van der Waals surface area contributed by atoms with E-state index in [0.29, 0.717) is 5.02 Å². The fourth-order valence-electron chi connectivity index (χ4n) is 1.46. The van der Waals surface area contributed by atoms with Crippen molar-refractivity contribution in [3.63, 3.8) is 0 Å². The Bertz CT molecular complexity index is 629. The molecule has 1 amide bonds. The van der Waals surface area contributed by atoms with E-state index in [1.807, 2.05) is 0 Å². The Hall–Kier alpha value is -0.980. The predicted octanol–water partition coefficient (Wildman–Crippen LogP) is 3.12.